The molecular formula is C32H46N2O7. The molecule has 41 heavy (non-hydrogen) atoms. The van der Waals surface area contributed by atoms with Crippen LogP contribution in [0.4, 0.5) is 0 Å². The minimum absolute atomic E-state index is 0.0627. The van der Waals surface area contributed by atoms with Crippen molar-refractivity contribution in [3.63, 3.8) is 0 Å². The summed E-state index contributed by atoms with van der Waals surface area (Å²) in [5.74, 6) is 0.341. The Morgan fingerprint density at radius 2 is 1.68 bits per heavy atom. The summed E-state index contributed by atoms with van der Waals surface area (Å²) < 4.78 is 17.4. The lowest BCUT2D eigenvalue weighted by molar-refractivity contribution is -0.150. The van der Waals surface area contributed by atoms with E-state index in [1.807, 2.05) is 0 Å². The smallest absolute Gasteiger partial charge is 0.309 e. The molecule has 3 N–H and O–H groups in total. The van der Waals surface area contributed by atoms with Gasteiger partial charge in [0.2, 0.25) is 5.91 Å². The highest BCUT2D eigenvalue weighted by Gasteiger charge is 2.51. The van der Waals surface area contributed by atoms with Gasteiger partial charge in [-0.2, -0.15) is 0 Å². The number of rotatable bonds is 11. The lowest BCUT2D eigenvalue weighted by atomic mass is 9.70. The van der Waals surface area contributed by atoms with Crippen LogP contribution >= 0.6 is 0 Å². The van der Waals surface area contributed by atoms with Crippen LogP contribution in [0.1, 0.15) is 94.0 Å². The predicted molar refractivity (Wildman–Crippen MR) is 153 cm³/mol. The number of nitrogens with one attached hydrogen (secondary N) is 2. The van der Waals surface area contributed by atoms with Gasteiger partial charge in [-0.25, -0.2) is 0 Å². The first kappa shape index (κ1) is 29.7. The molecular weight excluding hydrogens is 524 g/mol. The third kappa shape index (κ3) is 6.06. The van der Waals surface area contributed by atoms with Gasteiger partial charge in [-0.3, -0.25) is 14.4 Å². The molecule has 4 aliphatic rings. The second-order valence-corrected chi connectivity index (χ2v) is 13.5. The number of carboxylic acids is 1. The van der Waals surface area contributed by atoms with E-state index in [1.54, 1.807) is 26.2 Å². The maximum Gasteiger partial charge on any atom is 0.309 e. The van der Waals surface area contributed by atoms with Gasteiger partial charge in [0.1, 0.15) is 11.5 Å². The van der Waals surface area contributed by atoms with Crippen molar-refractivity contribution in [1.29, 1.82) is 0 Å². The fourth-order valence-electron chi connectivity index (χ4n) is 7.55. The molecule has 4 aliphatic carbocycles. The molecule has 5 rings (SSSR count). The average molecular weight is 571 g/mol. The number of carboxylic acid groups (broad SMARTS) is 1. The Morgan fingerprint density at radius 1 is 0.976 bits per heavy atom. The normalized spacial score (nSPS) is 31.7. The van der Waals surface area contributed by atoms with Crippen molar-refractivity contribution in [2.75, 3.05) is 20.8 Å². The zero-order valence-electron chi connectivity index (χ0n) is 24.9. The van der Waals surface area contributed by atoms with Crippen LogP contribution in [0.5, 0.6) is 11.5 Å². The van der Waals surface area contributed by atoms with Gasteiger partial charge in [0.05, 0.1) is 36.7 Å². The first-order chi connectivity index (χ1) is 19.6. The molecule has 4 fully saturated rings. The largest absolute Gasteiger partial charge is 0.496 e. The van der Waals surface area contributed by atoms with Gasteiger partial charge in [-0.15, -0.1) is 0 Å². The molecule has 0 unspecified atom stereocenters. The van der Waals surface area contributed by atoms with Crippen LogP contribution in [0.3, 0.4) is 0 Å². The number of amides is 2. The van der Waals surface area contributed by atoms with E-state index in [2.05, 4.69) is 17.6 Å². The van der Waals surface area contributed by atoms with E-state index >= 15 is 0 Å². The number of methoxy groups -OCH3 is 2. The summed E-state index contributed by atoms with van der Waals surface area (Å²) in [4.78, 5) is 38.9. The first-order valence-corrected chi connectivity index (χ1v) is 15.2. The van der Waals surface area contributed by atoms with Crippen LogP contribution in [-0.4, -0.2) is 55.8 Å². The number of fused-ring (bicyclic) bond motifs is 2. The van der Waals surface area contributed by atoms with E-state index < -0.39 is 11.4 Å². The minimum atomic E-state index is -0.774. The highest BCUT2D eigenvalue weighted by Crippen LogP contribution is 2.49. The lowest BCUT2D eigenvalue weighted by Gasteiger charge is -2.39. The Morgan fingerprint density at radius 3 is 2.29 bits per heavy atom. The molecule has 4 saturated carbocycles. The number of hydrogen-bond acceptors (Lipinski definition) is 6. The SMILES string of the molecule is COCc1cc(OC)c(C(=O)N[C@@H]2[C@H]3CC[C@H](C3)[C@@H]2C(=O)NCC2(C)CCC2)cc1OC1CCC(C)(C(=O)O)CC1. The molecule has 1 aromatic rings. The number of carbonyl (C=O) groups is 3. The van der Waals surface area contributed by atoms with E-state index in [0.717, 1.165) is 37.7 Å². The molecule has 0 aromatic heterocycles. The topological polar surface area (TPSA) is 123 Å². The number of benzene rings is 1. The van der Waals surface area contributed by atoms with Gasteiger partial charge in [0.25, 0.3) is 5.91 Å². The Bertz CT molecular complexity index is 1150. The fraction of sp³-hybridized carbons (Fsp3) is 0.719. The molecule has 0 radical (unpaired) electrons. The molecule has 0 aliphatic heterocycles. The summed E-state index contributed by atoms with van der Waals surface area (Å²) in [7, 11) is 3.13. The monoisotopic (exact) mass is 570 g/mol. The van der Waals surface area contributed by atoms with Crippen LogP contribution in [0, 0.1) is 28.6 Å². The van der Waals surface area contributed by atoms with Gasteiger partial charge in [-0.1, -0.05) is 13.3 Å². The average Bonchev–Trinajstić information content (AvgIpc) is 3.54. The zero-order valence-corrected chi connectivity index (χ0v) is 24.9. The van der Waals surface area contributed by atoms with Gasteiger partial charge < -0.3 is 30.0 Å². The quantitative estimate of drug-likeness (QED) is 0.352. The second kappa shape index (κ2) is 11.8. The molecule has 1 aromatic carbocycles. The molecule has 0 saturated heterocycles. The summed E-state index contributed by atoms with van der Waals surface area (Å²) in [6.07, 6.45) is 8.67. The molecule has 2 amide bonds. The summed E-state index contributed by atoms with van der Waals surface area (Å²) in [5, 5.41) is 16.0. The van der Waals surface area contributed by atoms with E-state index in [4.69, 9.17) is 14.2 Å². The summed E-state index contributed by atoms with van der Waals surface area (Å²) in [6, 6.07) is 3.28. The van der Waals surface area contributed by atoms with Crippen LogP contribution < -0.4 is 20.1 Å². The summed E-state index contributed by atoms with van der Waals surface area (Å²) >= 11 is 0. The number of ether oxygens (including phenoxy) is 3. The maximum absolute atomic E-state index is 13.8. The number of hydrogen-bond donors (Lipinski definition) is 3. The van der Waals surface area contributed by atoms with Crippen molar-refractivity contribution in [3.8, 4) is 11.5 Å². The first-order valence-electron chi connectivity index (χ1n) is 15.2. The van der Waals surface area contributed by atoms with Crippen LogP contribution in [0.25, 0.3) is 0 Å². The van der Waals surface area contributed by atoms with Crippen molar-refractivity contribution in [2.24, 2.45) is 28.6 Å². The Labute approximate surface area is 243 Å². The Balaban J connectivity index is 1.32. The maximum atomic E-state index is 13.8. The molecule has 226 valence electrons. The number of aliphatic carboxylic acids is 1. The lowest BCUT2D eigenvalue weighted by Crippen LogP contribution is -2.51. The molecule has 0 spiro atoms. The summed E-state index contributed by atoms with van der Waals surface area (Å²) in [6.45, 7) is 4.99. The second-order valence-electron chi connectivity index (χ2n) is 13.5. The highest BCUT2D eigenvalue weighted by molar-refractivity contribution is 5.98. The van der Waals surface area contributed by atoms with Crippen molar-refractivity contribution < 1.29 is 33.7 Å². The van der Waals surface area contributed by atoms with E-state index in [0.29, 0.717) is 61.1 Å². The summed E-state index contributed by atoms with van der Waals surface area (Å²) in [5.41, 5.74) is 0.579. The van der Waals surface area contributed by atoms with Gasteiger partial charge in [-0.05, 0) is 94.1 Å². The molecule has 2 bridgehead atoms. The van der Waals surface area contributed by atoms with Crippen molar-refractivity contribution >= 4 is 17.8 Å². The van der Waals surface area contributed by atoms with Gasteiger partial charge in [0.15, 0.2) is 0 Å². The molecule has 0 heterocycles. The van der Waals surface area contributed by atoms with Crippen LogP contribution in [0.2, 0.25) is 0 Å². The fourth-order valence-corrected chi connectivity index (χ4v) is 7.55. The number of carbonyl (C=O) groups excluding carboxylic acids is 2. The third-order valence-electron chi connectivity index (χ3n) is 10.5. The van der Waals surface area contributed by atoms with Gasteiger partial charge >= 0.3 is 5.97 Å². The third-order valence-corrected chi connectivity index (χ3v) is 10.5. The van der Waals surface area contributed by atoms with Crippen LogP contribution in [0.15, 0.2) is 12.1 Å². The Hall–Kier alpha value is -2.81. The van der Waals surface area contributed by atoms with Gasteiger partial charge in [0, 0.05) is 25.3 Å². The van der Waals surface area contributed by atoms with E-state index in [9.17, 15) is 19.5 Å². The molecule has 9 nitrogen and oxygen atoms in total. The van der Waals surface area contributed by atoms with Crippen LogP contribution in [-0.2, 0) is 20.9 Å². The standard InChI is InChI=1S/C32H46N2O7/c1-31(10-5-11-31)18-33-29(36)26-19-6-7-20(14-19)27(26)34-28(35)23-16-24(21(17-39-3)15-25(23)40-4)41-22-8-12-32(2,13-9-22)30(37)38/h15-16,19-20,22,26-27H,5-14,17-18H2,1-4H3,(H,33,36)(H,34,35)(H,37,38)/t19-,20+,22?,26+,27-,32?/m1/s1. The molecule has 4 atom stereocenters. The minimum Gasteiger partial charge on any atom is -0.496 e. The van der Waals surface area contributed by atoms with Crippen molar-refractivity contribution in [2.45, 2.75) is 96.8 Å². The molecule has 9 heteroatoms. The Kier molecular flexibility index (Phi) is 8.56. The zero-order chi connectivity index (χ0) is 29.4. The van der Waals surface area contributed by atoms with Crippen molar-refractivity contribution in [1.82, 2.24) is 10.6 Å². The van der Waals surface area contributed by atoms with Crippen molar-refractivity contribution in [3.05, 3.63) is 23.3 Å². The van der Waals surface area contributed by atoms with E-state index in [-0.39, 0.29) is 41.9 Å². The van der Waals surface area contributed by atoms with E-state index in [1.165, 1.54) is 13.5 Å². The highest BCUT2D eigenvalue weighted by atomic mass is 16.5. The predicted octanol–water partition coefficient (Wildman–Crippen LogP) is 4.70.